The Morgan fingerprint density at radius 2 is 2.24 bits per heavy atom. The molecule has 3 aliphatic rings. The average molecular weight is 345 g/mol. The minimum Gasteiger partial charge on any atom is -0.393 e. The second-order valence-corrected chi connectivity index (χ2v) is 8.07. The van der Waals surface area contributed by atoms with Crippen molar-refractivity contribution in [3.63, 3.8) is 0 Å². The molecule has 0 unspecified atom stereocenters. The normalized spacial score (nSPS) is 31.0. The van der Waals surface area contributed by atoms with Crippen LogP contribution in [0, 0.1) is 11.8 Å². The fourth-order valence-electron chi connectivity index (χ4n) is 4.52. The number of aromatic nitrogens is 1. The van der Waals surface area contributed by atoms with E-state index >= 15 is 0 Å². The number of carbonyl (C=O) groups is 1. The Hall–Kier alpha value is -1.50. The smallest absolute Gasteiger partial charge is 0.226 e. The highest BCUT2D eigenvalue weighted by Gasteiger charge is 2.54. The van der Waals surface area contributed by atoms with Crippen molar-refractivity contribution in [3.8, 4) is 0 Å². The Bertz CT molecular complexity index is 612. The molecule has 2 aliphatic heterocycles. The lowest BCUT2D eigenvalue weighted by molar-refractivity contribution is -0.154. The molecule has 1 aliphatic carbocycles. The third kappa shape index (κ3) is 3.30. The number of carbonyl (C=O) groups excluding carboxylic acids is 1. The van der Waals surface area contributed by atoms with Gasteiger partial charge in [0.15, 0.2) is 0 Å². The Morgan fingerprint density at radius 1 is 1.44 bits per heavy atom. The molecule has 3 heterocycles. The zero-order valence-corrected chi connectivity index (χ0v) is 14.8. The molecule has 0 bridgehead atoms. The quantitative estimate of drug-likeness (QED) is 0.859. The number of hydrogen-bond donors (Lipinski definition) is 1. The lowest BCUT2D eigenvalue weighted by Crippen LogP contribution is -2.69. The van der Waals surface area contributed by atoms with Crippen LogP contribution in [0.5, 0.6) is 0 Å². The van der Waals surface area contributed by atoms with E-state index in [4.69, 9.17) is 4.74 Å². The van der Waals surface area contributed by atoms with Crippen molar-refractivity contribution in [1.29, 1.82) is 0 Å². The van der Waals surface area contributed by atoms with Crippen molar-refractivity contribution in [2.75, 3.05) is 33.3 Å². The number of ether oxygens (including phenoxy) is 1. The predicted molar refractivity (Wildman–Crippen MR) is 92.7 cm³/mol. The summed E-state index contributed by atoms with van der Waals surface area (Å²) in [4.78, 5) is 20.9. The molecule has 25 heavy (non-hydrogen) atoms. The molecule has 3 fully saturated rings. The van der Waals surface area contributed by atoms with Crippen LogP contribution in [0.4, 0.5) is 0 Å². The monoisotopic (exact) mass is 345 g/mol. The Kier molecular flexibility index (Phi) is 4.52. The molecule has 1 spiro atoms. The molecule has 0 aromatic carbocycles. The molecule has 1 saturated carbocycles. The van der Waals surface area contributed by atoms with Crippen molar-refractivity contribution in [1.82, 2.24) is 14.8 Å². The predicted octanol–water partition coefficient (Wildman–Crippen LogP) is 0.902. The number of amides is 1. The molecule has 1 atom stereocenters. The van der Waals surface area contributed by atoms with Crippen LogP contribution < -0.4 is 0 Å². The van der Waals surface area contributed by atoms with E-state index in [1.165, 1.54) is 0 Å². The molecule has 2 saturated heterocycles. The highest BCUT2D eigenvalue weighted by atomic mass is 16.5. The zero-order valence-electron chi connectivity index (χ0n) is 14.8. The SMILES string of the molecule is CN1C[C@@H](COCc2cccnc2)CC12CN(C(=O)C1CC(O)C1)C2. The van der Waals surface area contributed by atoms with Crippen molar-refractivity contribution in [3.05, 3.63) is 30.1 Å². The first-order valence-electron chi connectivity index (χ1n) is 9.20. The van der Waals surface area contributed by atoms with Gasteiger partial charge in [-0.15, -0.1) is 0 Å². The Labute approximate surface area is 148 Å². The third-order valence-electron chi connectivity index (χ3n) is 6.10. The average Bonchev–Trinajstić information content (AvgIpc) is 2.87. The van der Waals surface area contributed by atoms with E-state index in [9.17, 15) is 9.90 Å². The zero-order chi connectivity index (χ0) is 17.4. The van der Waals surface area contributed by atoms with Gasteiger partial charge in [0.05, 0.1) is 24.9 Å². The summed E-state index contributed by atoms with van der Waals surface area (Å²) in [5.74, 6) is 0.808. The van der Waals surface area contributed by atoms with Crippen molar-refractivity contribution in [2.24, 2.45) is 11.8 Å². The molecule has 0 radical (unpaired) electrons. The van der Waals surface area contributed by atoms with Gasteiger partial charge in [-0.2, -0.15) is 0 Å². The number of hydrogen-bond acceptors (Lipinski definition) is 5. The number of likely N-dealkylation sites (tertiary alicyclic amines) is 2. The topological polar surface area (TPSA) is 65.9 Å². The second kappa shape index (κ2) is 6.67. The summed E-state index contributed by atoms with van der Waals surface area (Å²) in [6, 6.07) is 3.96. The Balaban J connectivity index is 1.23. The fourth-order valence-corrected chi connectivity index (χ4v) is 4.52. The molecule has 1 amide bonds. The third-order valence-corrected chi connectivity index (χ3v) is 6.10. The van der Waals surface area contributed by atoms with Gasteiger partial charge in [-0.1, -0.05) is 6.07 Å². The maximum absolute atomic E-state index is 12.4. The first-order chi connectivity index (χ1) is 12.1. The summed E-state index contributed by atoms with van der Waals surface area (Å²) in [6.45, 7) is 4.04. The maximum Gasteiger partial charge on any atom is 0.226 e. The first-order valence-corrected chi connectivity index (χ1v) is 9.20. The van der Waals surface area contributed by atoms with Gasteiger partial charge in [-0.05, 0) is 43.9 Å². The van der Waals surface area contributed by atoms with Gasteiger partial charge in [0.2, 0.25) is 5.91 Å². The van der Waals surface area contributed by atoms with E-state index in [1.807, 2.05) is 23.2 Å². The minimum absolute atomic E-state index is 0.0534. The number of rotatable bonds is 5. The molecule has 4 rings (SSSR count). The fraction of sp³-hybridized carbons (Fsp3) is 0.684. The van der Waals surface area contributed by atoms with E-state index in [0.29, 0.717) is 25.4 Å². The van der Waals surface area contributed by atoms with Crippen LogP contribution in [-0.2, 0) is 16.1 Å². The largest absolute Gasteiger partial charge is 0.393 e. The standard InChI is InChI=1S/C19H27N3O3/c1-21-9-15(11-25-10-14-3-2-4-20-8-14)7-19(21)12-22(13-19)18(24)16-5-17(23)6-16/h2-4,8,15-17,23H,5-7,9-13H2,1H3/t15-,16?,17?/m0/s1. The van der Waals surface area contributed by atoms with Gasteiger partial charge in [0.1, 0.15) is 0 Å². The number of likely N-dealkylation sites (N-methyl/N-ethyl adjacent to an activating group) is 1. The lowest BCUT2D eigenvalue weighted by atomic mass is 9.78. The van der Waals surface area contributed by atoms with Gasteiger partial charge in [-0.25, -0.2) is 0 Å². The molecule has 6 nitrogen and oxygen atoms in total. The first kappa shape index (κ1) is 16.9. The van der Waals surface area contributed by atoms with Crippen LogP contribution in [0.15, 0.2) is 24.5 Å². The van der Waals surface area contributed by atoms with Gasteiger partial charge in [0.25, 0.3) is 0 Å². The number of aliphatic hydroxyl groups excluding tert-OH is 1. The Morgan fingerprint density at radius 3 is 2.92 bits per heavy atom. The summed E-state index contributed by atoms with van der Waals surface area (Å²) < 4.78 is 5.89. The maximum atomic E-state index is 12.4. The molecule has 6 heteroatoms. The highest BCUT2D eigenvalue weighted by molar-refractivity contribution is 5.81. The van der Waals surface area contributed by atoms with Crippen LogP contribution in [0.2, 0.25) is 0 Å². The van der Waals surface area contributed by atoms with Gasteiger partial charge in [0, 0.05) is 37.9 Å². The number of nitrogens with zero attached hydrogens (tertiary/aromatic N) is 3. The summed E-state index contributed by atoms with van der Waals surface area (Å²) in [6.07, 6.45) is 5.72. The molecule has 136 valence electrons. The number of aliphatic hydroxyl groups is 1. The van der Waals surface area contributed by atoms with E-state index in [-0.39, 0.29) is 23.5 Å². The van der Waals surface area contributed by atoms with Crippen LogP contribution >= 0.6 is 0 Å². The van der Waals surface area contributed by atoms with Crippen LogP contribution in [0.25, 0.3) is 0 Å². The van der Waals surface area contributed by atoms with E-state index < -0.39 is 0 Å². The highest BCUT2D eigenvalue weighted by Crippen LogP contribution is 2.41. The van der Waals surface area contributed by atoms with E-state index in [1.54, 1.807) is 6.20 Å². The summed E-state index contributed by atoms with van der Waals surface area (Å²) >= 11 is 0. The van der Waals surface area contributed by atoms with Crippen LogP contribution in [0.3, 0.4) is 0 Å². The van der Waals surface area contributed by atoms with Gasteiger partial charge < -0.3 is 14.7 Å². The van der Waals surface area contributed by atoms with Crippen molar-refractivity contribution < 1.29 is 14.6 Å². The molecule has 1 aromatic rings. The van der Waals surface area contributed by atoms with E-state index in [0.717, 1.165) is 38.2 Å². The minimum atomic E-state index is -0.264. The van der Waals surface area contributed by atoms with Crippen molar-refractivity contribution >= 4 is 5.91 Å². The molecule has 1 aromatic heterocycles. The van der Waals surface area contributed by atoms with Crippen LogP contribution in [0.1, 0.15) is 24.8 Å². The lowest BCUT2D eigenvalue weighted by Gasteiger charge is -2.53. The summed E-state index contributed by atoms with van der Waals surface area (Å²) in [5.41, 5.74) is 1.24. The van der Waals surface area contributed by atoms with Gasteiger partial charge >= 0.3 is 0 Å². The second-order valence-electron chi connectivity index (χ2n) is 8.07. The molecular formula is C19H27N3O3. The molecule has 1 N–H and O–H groups in total. The number of pyridine rings is 1. The summed E-state index contributed by atoms with van der Waals surface area (Å²) in [5, 5.41) is 9.39. The van der Waals surface area contributed by atoms with Crippen molar-refractivity contribution in [2.45, 2.75) is 37.5 Å². The van der Waals surface area contributed by atoms with Gasteiger partial charge in [-0.3, -0.25) is 14.7 Å². The van der Waals surface area contributed by atoms with Crippen LogP contribution in [-0.4, -0.2) is 70.7 Å². The molecular weight excluding hydrogens is 318 g/mol. The van der Waals surface area contributed by atoms with E-state index in [2.05, 4.69) is 16.9 Å². The summed E-state index contributed by atoms with van der Waals surface area (Å²) in [7, 11) is 2.16.